The molecular formula is C22H30N2O3S. The fourth-order valence-corrected chi connectivity index (χ4v) is 5.47. The van der Waals surface area contributed by atoms with Crippen molar-refractivity contribution in [3.8, 4) is 0 Å². The SMILES string of the molecule is Cc1noc(C)c1C1=CCCN(CCCC(C)(C)S(=O)(=O)c2ccccc2)C1. The Labute approximate surface area is 168 Å². The van der Waals surface area contributed by atoms with Crippen LogP contribution in [-0.2, 0) is 9.84 Å². The van der Waals surface area contributed by atoms with Crippen molar-refractivity contribution in [1.82, 2.24) is 10.1 Å². The van der Waals surface area contributed by atoms with E-state index in [1.807, 2.05) is 33.8 Å². The average molecular weight is 403 g/mol. The summed E-state index contributed by atoms with van der Waals surface area (Å²) in [6.07, 6.45) is 4.73. The predicted molar refractivity (Wildman–Crippen MR) is 112 cm³/mol. The van der Waals surface area contributed by atoms with Gasteiger partial charge in [0.15, 0.2) is 9.84 Å². The molecule has 0 saturated heterocycles. The van der Waals surface area contributed by atoms with Crippen molar-refractivity contribution in [3.63, 3.8) is 0 Å². The second-order valence-corrected chi connectivity index (χ2v) is 10.8. The van der Waals surface area contributed by atoms with Gasteiger partial charge in [-0.25, -0.2) is 8.42 Å². The van der Waals surface area contributed by atoms with Gasteiger partial charge in [-0.05, 0) is 71.2 Å². The molecule has 2 heterocycles. The van der Waals surface area contributed by atoms with E-state index in [0.29, 0.717) is 11.3 Å². The molecule has 0 saturated carbocycles. The number of rotatable bonds is 7. The Bertz CT molecular complexity index is 924. The van der Waals surface area contributed by atoms with E-state index in [9.17, 15) is 8.42 Å². The van der Waals surface area contributed by atoms with Gasteiger partial charge in [0.1, 0.15) is 5.76 Å². The van der Waals surface area contributed by atoms with Crippen LogP contribution < -0.4 is 0 Å². The van der Waals surface area contributed by atoms with E-state index in [4.69, 9.17) is 4.52 Å². The largest absolute Gasteiger partial charge is 0.361 e. The molecule has 3 rings (SSSR count). The van der Waals surface area contributed by atoms with Gasteiger partial charge in [-0.3, -0.25) is 4.90 Å². The number of aryl methyl sites for hydroxylation is 2. The number of benzene rings is 1. The zero-order chi connectivity index (χ0) is 20.4. The summed E-state index contributed by atoms with van der Waals surface area (Å²) >= 11 is 0. The minimum Gasteiger partial charge on any atom is -0.361 e. The maximum absolute atomic E-state index is 13.0. The third-order valence-electron chi connectivity index (χ3n) is 5.62. The smallest absolute Gasteiger partial charge is 0.183 e. The summed E-state index contributed by atoms with van der Waals surface area (Å²) < 4.78 is 30.5. The van der Waals surface area contributed by atoms with Gasteiger partial charge < -0.3 is 4.52 Å². The van der Waals surface area contributed by atoms with E-state index in [1.165, 1.54) is 5.57 Å². The molecule has 2 aromatic rings. The summed E-state index contributed by atoms with van der Waals surface area (Å²) in [6.45, 7) is 10.3. The van der Waals surface area contributed by atoms with Crippen LogP contribution >= 0.6 is 0 Å². The molecule has 1 aromatic heterocycles. The minimum absolute atomic E-state index is 0.404. The molecule has 6 heteroatoms. The Hall–Kier alpha value is -1.92. The normalized spacial score (nSPS) is 16.2. The van der Waals surface area contributed by atoms with Crippen LogP contribution in [0.1, 0.15) is 50.1 Å². The standard InChI is InChI=1S/C22H30N2O3S/c1-17-21(18(2)27-23-17)19-10-8-14-24(16-19)15-9-13-22(3,4)28(25,26)20-11-6-5-7-12-20/h5-7,10-12H,8-9,13-16H2,1-4H3. The minimum atomic E-state index is -3.35. The van der Waals surface area contributed by atoms with Crippen molar-refractivity contribution in [1.29, 1.82) is 0 Å². The van der Waals surface area contributed by atoms with E-state index in [1.54, 1.807) is 24.3 Å². The highest BCUT2D eigenvalue weighted by atomic mass is 32.2. The first kappa shape index (κ1) is 20.8. The summed E-state index contributed by atoms with van der Waals surface area (Å²) in [7, 11) is -3.35. The second kappa shape index (κ2) is 8.21. The molecule has 0 atom stereocenters. The lowest BCUT2D eigenvalue weighted by Gasteiger charge is -2.29. The molecule has 1 aromatic carbocycles. The molecule has 0 aliphatic carbocycles. The number of sulfone groups is 1. The fourth-order valence-electron chi connectivity index (χ4n) is 3.90. The van der Waals surface area contributed by atoms with Gasteiger partial charge in [-0.15, -0.1) is 0 Å². The summed E-state index contributed by atoms with van der Waals surface area (Å²) in [5.41, 5.74) is 3.32. The Morgan fingerprint density at radius 3 is 2.54 bits per heavy atom. The summed E-state index contributed by atoms with van der Waals surface area (Å²) in [6, 6.07) is 8.76. The number of hydrogen-bond acceptors (Lipinski definition) is 5. The number of nitrogens with zero attached hydrogens (tertiary/aromatic N) is 2. The Morgan fingerprint density at radius 2 is 1.89 bits per heavy atom. The lowest BCUT2D eigenvalue weighted by atomic mass is 9.99. The van der Waals surface area contributed by atoms with Crippen LogP contribution in [0.25, 0.3) is 5.57 Å². The van der Waals surface area contributed by atoms with Gasteiger partial charge >= 0.3 is 0 Å². The molecule has 0 bridgehead atoms. The van der Waals surface area contributed by atoms with Crippen molar-refractivity contribution < 1.29 is 12.9 Å². The van der Waals surface area contributed by atoms with Crippen LogP contribution in [0.3, 0.4) is 0 Å². The Balaban J connectivity index is 1.60. The van der Waals surface area contributed by atoms with Crippen molar-refractivity contribution in [2.75, 3.05) is 19.6 Å². The number of hydrogen-bond donors (Lipinski definition) is 0. The van der Waals surface area contributed by atoms with Gasteiger partial charge in [0.05, 0.1) is 15.3 Å². The van der Waals surface area contributed by atoms with E-state index >= 15 is 0 Å². The lowest BCUT2D eigenvalue weighted by Crippen LogP contribution is -2.35. The molecule has 0 radical (unpaired) electrons. The second-order valence-electron chi connectivity index (χ2n) is 8.17. The van der Waals surface area contributed by atoms with Crippen molar-refractivity contribution in [2.45, 2.75) is 56.6 Å². The van der Waals surface area contributed by atoms with E-state index in [-0.39, 0.29) is 0 Å². The number of aromatic nitrogens is 1. The molecule has 0 N–H and O–H groups in total. The molecule has 1 aliphatic rings. The lowest BCUT2D eigenvalue weighted by molar-refractivity contribution is 0.292. The highest BCUT2D eigenvalue weighted by Gasteiger charge is 2.35. The summed E-state index contributed by atoms with van der Waals surface area (Å²) in [5.74, 6) is 0.862. The van der Waals surface area contributed by atoms with E-state index in [2.05, 4.69) is 16.1 Å². The van der Waals surface area contributed by atoms with Gasteiger partial charge in [-0.1, -0.05) is 29.4 Å². The summed E-state index contributed by atoms with van der Waals surface area (Å²) in [4.78, 5) is 2.80. The Morgan fingerprint density at radius 1 is 1.18 bits per heavy atom. The molecule has 0 spiro atoms. The van der Waals surface area contributed by atoms with Gasteiger partial charge in [0.25, 0.3) is 0 Å². The zero-order valence-corrected chi connectivity index (χ0v) is 18.1. The molecule has 5 nitrogen and oxygen atoms in total. The summed E-state index contributed by atoms with van der Waals surface area (Å²) in [5, 5.41) is 4.07. The maximum atomic E-state index is 13.0. The highest BCUT2D eigenvalue weighted by molar-refractivity contribution is 7.92. The van der Waals surface area contributed by atoms with Crippen LogP contribution in [0.4, 0.5) is 0 Å². The van der Waals surface area contributed by atoms with Crippen LogP contribution in [0.15, 0.2) is 45.8 Å². The van der Waals surface area contributed by atoms with Crippen LogP contribution in [0.2, 0.25) is 0 Å². The third kappa shape index (κ3) is 4.23. The molecule has 0 unspecified atom stereocenters. The van der Waals surface area contributed by atoms with Gasteiger partial charge in [0.2, 0.25) is 0 Å². The topological polar surface area (TPSA) is 63.4 Å². The van der Waals surface area contributed by atoms with Crippen LogP contribution in [0, 0.1) is 13.8 Å². The highest BCUT2D eigenvalue weighted by Crippen LogP contribution is 2.30. The van der Waals surface area contributed by atoms with Crippen LogP contribution in [-0.4, -0.2) is 42.9 Å². The van der Waals surface area contributed by atoms with E-state index in [0.717, 1.165) is 49.5 Å². The third-order valence-corrected chi connectivity index (χ3v) is 8.17. The zero-order valence-electron chi connectivity index (χ0n) is 17.2. The molecular weight excluding hydrogens is 372 g/mol. The Kier molecular flexibility index (Phi) is 6.10. The van der Waals surface area contributed by atoms with Crippen molar-refractivity contribution in [2.24, 2.45) is 0 Å². The predicted octanol–water partition coefficient (Wildman–Crippen LogP) is 4.41. The molecule has 152 valence electrons. The molecule has 0 fully saturated rings. The first-order chi connectivity index (χ1) is 13.2. The molecule has 1 aliphatic heterocycles. The quantitative estimate of drug-likeness (QED) is 0.686. The molecule has 28 heavy (non-hydrogen) atoms. The monoisotopic (exact) mass is 402 g/mol. The maximum Gasteiger partial charge on any atom is 0.183 e. The van der Waals surface area contributed by atoms with Crippen molar-refractivity contribution >= 4 is 15.4 Å². The van der Waals surface area contributed by atoms with Crippen molar-refractivity contribution in [3.05, 3.63) is 53.4 Å². The van der Waals surface area contributed by atoms with Gasteiger partial charge in [-0.2, -0.15) is 0 Å². The average Bonchev–Trinajstić information content (AvgIpc) is 3.01. The van der Waals surface area contributed by atoms with Gasteiger partial charge in [0, 0.05) is 18.7 Å². The fraction of sp³-hybridized carbons (Fsp3) is 0.500. The molecule has 0 amide bonds. The van der Waals surface area contributed by atoms with Crippen LogP contribution in [0.5, 0.6) is 0 Å². The first-order valence-corrected chi connectivity index (χ1v) is 11.3. The first-order valence-electron chi connectivity index (χ1n) is 9.87. The van der Waals surface area contributed by atoms with E-state index < -0.39 is 14.6 Å².